The van der Waals surface area contributed by atoms with Gasteiger partial charge in [0, 0.05) is 24.1 Å². The monoisotopic (exact) mass is 326 g/mol. The molecule has 0 aliphatic heterocycles. The molecule has 1 saturated carbocycles. The highest BCUT2D eigenvalue weighted by Crippen LogP contribution is 2.32. The summed E-state index contributed by atoms with van der Waals surface area (Å²) < 4.78 is 5.85. The minimum atomic E-state index is 0.622. The number of aromatic nitrogens is 1. The third-order valence-electron chi connectivity index (χ3n) is 3.58. The van der Waals surface area contributed by atoms with Crippen LogP contribution in [-0.4, -0.2) is 29.5 Å². The Labute approximate surface area is 124 Å². The molecule has 1 aromatic rings. The smallest absolute Gasteiger partial charge is 0.171 e. The van der Waals surface area contributed by atoms with Gasteiger partial charge in [-0.15, -0.1) is 0 Å². The van der Waals surface area contributed by atoms with Gasteiger partial charge in [0.15, 0.2) is 11.6 Å². The van der Waals surface area contributed by atoms with Gasteiger partial charge in [-0.05, 0) is 31.4 Å². The predicted molar refractivity (Wildman–Crippen MR) is 83.4 cm³/mol. The topological polar surface area (TPSA) is 25.4 Å². The van der Waals surface area contributed by atoms with Gasteiger partial charge in [-0.1, -0.05) is 35.7 Å². The molecule has 0 aromatic carbocycles. The Morgan fingerprint density at radius 1 is 1.42 bits per heavy atom. The molecule has 19 heavy (non-hydrogen) atoms. The van der Waals surface area contributed by atoms with Gasteiger partial charge in [0.25, 0.3) is 0 Å². The molecule has 0 bridgehead atoms. The predicted octanol–water partition coefficient (Wildman–Crippen LogP) is 4.01. The standard InChI is InChI=1S/C15H23BrN2O/c1-2-12-19-14-8-5-10-17-15(14)18(11-9-16)13-6-3-4-7-13/h5,8,10,13H,2-4,6-7,9,11-12H2,1H3. The summed E-state index contributed by atoms with van der Waals surface area (Å²) in [5.74, 6) is 1.94. The number of hydrogen-bond acceptors (Lipinski definition) is 3. The van der Waals surface area contributed by atoms with Gasteiger partial charge in [0.1, 0.15) is 0 Å². The van der Waals surface area contributed by atoms with Crippen molar-refractivity contribution in [2.45, 2.75) is 45.1 Å². The van der Waals surface area contributed by atoms with Crippen LogP contribution in [0, 0.1) is 0 Å². The van der Waals surface area contributed by atoms with Crippen molar-refractivity contribution < 1.29 is 4.74 Å². The second-order valence-corrected chi connectivity index (χ2v) is 5.79. The second kappa shape index (κ2) is 7.73. The molecule has 1 aliphatic rings. The first kappa shape index (κ1) is 14.6. The molecule has 0 amide bonds. The third-order valence-corrected chi connectivity index (χ3v) is 3.93. The van der Waals surface area contributed by atoms with Crippen LogP contribution in [0.15, 0.2) is 18.3 Å². The molecule has 1 aliphatic carbocycles. The summed E-state index contributed by atoms with van der Waals surface area (Å²) >= 11 is 3.56. The van der Waals surface area contributed by atoms with Crippen LogP contribution in [0.2, 0.25) is 0 Å². The average Bonchev–Trinajstić information content (AvgIpc) is 2.97. The average molecular weight is 327 g/mol. The van der Waals surface area contributed by atoms with E-state index in [1.165, 1.54) is 25.7 Å². The molecular formula is C15H23BrN2O. The molecule has 106 valence electrons. The Bertz CT molecular complexity index is 380. The van der Waals surface area contributed by atoms with Crippen LogP contribution < -0.4 is 9.64 Å². The number of pyridine rings is 1. The van der Waals surface area contributed by atoms with Gasteiger partial charge in [-0.2, -0.15) is 0 Å². The van der Waals surface area contributed by atoms with E-state index >= 15 is 0 Å². The Kier molecular flexibility index (Phi) is 5.95. The summed E-state index contributed by atoms with van der Waals surface area (Å²) in [5, 5.41) is 0.966. The van der Waals surface area contributed by atoms with Gasteiger partial charge in [-0.3, -0.25) is 0 Å². The number of anilines is 1. The Balaban J connectivity index is 2.19. The Hall–Kier alpha value is -0.770. The van der Waals surface area contributed by atoms with Gasteiger partial charge < -0.3 is 9.64 Å². The highest BCUT2D eigenvalue weighted by atomic mass is 79.9. The van der Waals surface area contributed by atoms with Gasteiger partial charge in [0.2, 0.25) is 0 Å². The molecule has 0 saturated heterocycles. The molecule has 0 spiro atoms. The molecule has 3 nitrogen and oxygen atoms in total. The molecule has 0 unspecified atom stereocenters. The summed E-state index contributed by atoms with van der Waals surface area (Å²) in [4.78, 5) is 7.00. The first-order chi connectivity index (χ1) is 9.36. The lowest BCUT2D eigenvalue weighted by molar-refractivity contribution is 0.315. The quantitative estimate of drug-likeness (QED) is 0.708. The minimum absolute atomic E-state index is 0.622. The highest BCUT2D eigenvalue weighted by Gasteiger charge is 2.25. The Morgan fingerprint density at radius 3 is 2.89 bits per heavy atom. The summed E-state index contributed by atoms with van der Waals surface area (Å²) in [6, 6.07) is 4.61. The van der Waals surface area contributed by atoms with Crippen LogP contribution in [0.25, 0.3) is 0 Å². The lowest BCUT2D eigenvalue weighted by atomic mass is 10.2. The van der Waals surface area contributed by atoms with Crippen LogP contribution >= 0.6 is 15.9 Å². The number of ether oxygens (including phenoxy) is 1. The molecule has 2 rings (SSSR count). The zero-order chi connectivity index (χ0) is 13.5. The third kappa shape index (κ3) is 3.85. The van der Waals surface area contributed by atoms with E-state index in [9.17, 15) is 0 Å². The first-order valence-electron chi connectivity index (χ1n) is 7.27. The van der Waals surface area contributed by atoms with Crippen molar-refractivity contribution in [1.82, 2.24) is 4.98 Å². The lowest BCUT2D eigenvalue weighted by Crippen LogP contribution is -2.35. The largest absolute Gasteiger partial charge is 0.490 e. The van der Waals surface area contributed by atoms with Crippen molar-refractivity contribution in [3.8, 4) is 5.75 Å². The van der Waals surface area contributed by atoms with Crippen LogP contribution in [0.4, 0.5) is 5.82 Å². The van der Waals surface area contributed by atoms with E-state index < -0.39 is 0 Å². The molecule has 1 aromatic heterocycles. The summed E-state index contributed by atoms with van der Waals surface area (Å²) in [6.45, 7) is 3.87. The zero-order valence-corrected chi connectivity index (χ0v) is 13.2. The summed E-state index contributed by atoms with van der Waals surface area (Å²) in [6.07, 6.45) is 8.11. The molecule has 1 fully saturated rings. The zero-order valence-electron chi connectivity index (χ0n) is 11.6. The van der Waals surface area contributed by atoms with E-state index in [0.29, 0.717) is 6.04 Å². The van der Waals surface area contributed by atoms with Crippen molar-refractivity contribution in [1.29, 1.82) is 0 Å². The number of hydrogen-bond donors (Lipinski definition) is 0. The normalized spacial score (nSPS) is 15.7. The second-order valence-electron chi connectivity index (χ2n) is 4.99. The first-order valence-corrected chi connectivity index (χ1v) is 8.39. The van der Waals surface area contributed by atoms with Gasteiger partial charge >= 0.3 is 0 Å². The summed E-state index contributed by atoms with van der Waals surface area (Å²) in [7, 11) is 0. The number of halogens is 1. The van der Waals surface area contributed by atoms with E-state index in [1.54, 1.807) is 0 Å². The fraction of sp³-hybridized carbons (Fsp3) is 0.667. The molecular weight excluding hydrogens is 304 g/mol. The van der Waals surface area contributed by atoms with E-state index in [0.717, 1.165) is 36.5 Å². The van der Waals surface area contributed by atoms with E-state index in [1.807, 2.05) is 18.3 Å². The molecule has 0 N–H and O–H groups in total. The fourth-order valence-corrected chi connectivity index (χ4v) is 3.07. The summed E-state index contributed by atoms with van der Waals surface area (Å²) in [5.41, 5.74) is 0. The number of nitrogens with zero attached hydrogens (tertiary/aromatic N) is 2. The van der Waals surface area contributed by atoms with Crippen molar-refractivity contribution in [3.05, 3.63) is 18.3 Å². The lowest BCUT2D eigenvalue weighted by Gasteiger charge is -2.30. The van der Waals surface area contributed by atoms with Gasteiger partial charge in [-0.25, -0.2) is 4.98 Å². The molecule has 4 heteroatoms. The maximum Gasteiger partial charge on any atom is 0.171 e. The van der Waals surface area contributed by atoms with Crippen LogP contribution in [-0.2, 0) is 0 Å². The van der Waals surface area contributed by atoms with Crippen molar-refractivity contribution in [2.24, 2.45) is 0 Å². The van der Waals surface area contributed by atoms with E-state index in [2.05, 4.69) is 32.7 Å². The fourth-order valence-electron chi connectivity index (χ4n) is 2.69. The number of rotatable bonds is 7. The maximum atomic E-state index is 5.85. The highest BCUT2D eigenvalue weighted by molar-refractivity contribution is 9.09. The molecule has 0 radical (unpaired) electrons. The van der Waals surface area contributed by atoms with Crippen molar-refractivity contribution in [2.75, 3.05) is 23.4 Å². The van der Waals surface area contributed by atoms with Crippen LogP contribution in [0.1, 0.15) is 39.0 Å². The molecule has 0 atom stereocenters. The van der Waals surface area contributed by atoms with Gasteiger partial charge in [0.05, 0.1) is 6.61 Å². The van der Waals surface area contributed by atoms with Crippen molar-refractivity contribution in [3.63, 3.8) is 0 Å². The maximum absolute atomic E-state index is 5.85. The van der Waals surface area contributed by atoms with E-state index in [4.69, 9.17) is 4.74 Å². The van der Waals surface area contributed by atoms with E-state index in [-0.39, 0.29) is 0 Å². The van der Waals surface area contributed by atoms with Crippen LogP contribution in [0.3, 0.4) is 0 Å². The Morgan fingerprint density at radius 2 is 2.21 bits per heavy atom. The number of alkyl halides is 1. The minimum Gasteiger partial charge on any atom is -0.490 e. The van der Waals surface area contributed by atoms with Crippen LogP contribution in [0.5, 0.6) is 5.75 Å². The van der Waals surface area contributed by atoms with Crippen molar-refractivity contribution >= 4 is 21.7 Å². The molecule has 1 heterocycles. The SMILES string of the molecule is CCCOc1cccnc1N(CCBr)C1CCCC1.